The van der Waals surface area contributed by atoms with Gasteiger partial charge in [0.15, 0.2) is 0 Å². The van der Waals surface area contributed by atoms with Crippen molar-refractivity contribution in [2.75, 3.05) is 0 Å². The largest absolute Gasteiger partial charge is 0.332 e. The minimum atomic E-state index is -3.83. The molecule has 0 fully saturated rings. The number of halogens is 2. The zero-order chi connectivity index (χ0) is 13.1. The van der Waals surface area contributed by atoms with E-state index < -0.39 is 13.4 Å². The summed E-state index contributed by atoms with van der Waals surface area (Å²) in [6, 6.07) is 3.89. The van der Waals surface area contributed by atoms with Crippen molar-refractivity contribution in [1.82, 2.24) is 0 Å². The highest BCUT2D eigenvalue weighted by Gasteiger charge is 2.24. The van der Waals surface area contributed by atoms with Gasteiger partial charge in [0.2, 0.25) is 0 Å². The van der Waals surface area contributed by atoms with E-state index in [0.717, 1.165) is 0 Å². The average Bonchev–Trinajstić information content (AvgIpc) is 2.22. The molecule has 0 radical (unpaired) electrons. The molecule has 0 aromatic heterocycles. The standard InChI is InChI=1S/C11H15ClFO3P/c1-3-8(2)16-17(14,15)7-9-6-10(12)4-5-11(9)13/h4-6,8H,3,7H2,1-2H3,(H,14,15). The Hall–Kier alpha value is -0.410. The van der Waals surface area contributed by atoms with E-state index in [-0.39, 0.29) is 17.8 Å². The van der Waals surface area contributed by atoms with Crippen LogP contribution < -0.4 is 0 Å². The van der Waals surface area contributed by atoms with Crippen LogP contribution in [0.1, 0.15) is 25.8 Å². The van der Waals surface area contributed by atoms with Gasteiger partial charge in [-0.25, -0.2) is 4.39 Å². The predicted octanol–water partition coefficient (Wildman–Crippen LogP) is 3.98. The van der Waals surface area contributed by atoms with Crippen LogP contribution in [0, 0.1) is 5.82 Å². The first-order chi connectivity index (χ1) is 7.84. The predicted molar refractivity (Wildman–Crippen MR) is 65.8 cm³/mol. The Bertz CT molecular complexity index is 439. The van der Waals surface area contributed by atoms with Crippen molar-refractivity contribution < 1.29 is 18.4 Å². The third-order valence-electron chi connectivity index (χ3n) is 2.30. The highest BCUT2D eigenvalue weighted by molar-refractivity contribution is 7.52. The monoisotopic (exact) mass is 280 g/mol. The smallest absolute Gasteiger partial charge is 0.324 e. The van der Waals surface area contributed by atoms with E-state index in [0.29, 0.717) is 11.4 Å². The molecule has 2 unspecified atom stereocenters. The molecule has 0 aliphatic rings. The lowest BCUT2D eigenvalue weighted by Crippen LogP contribution is -2.06. The van der Waals surface area contributed by atoms with Crippen LogP contribution in [-0.2, 0) is 15.3 Å². The Morgan fingerprint density at radius 1 is 1.59 bits per heavy atom. The van der Waals surface area contributed by atoms with E-state index in [4.69, 9.17) is 16.1 Å². The molecule has 0 aliphatic heterocycles. The minimum Gasteiger partial charge on any atom is -0.324 e. The maximum Gasteiger partial charge on any atom is 0.332 e. The fourth-order valence-corrected chi connectivity index (χ4v) is 2.93. The molecular formula is C11H15ClFO3P. The Morgan fingerprint density at radius 2 is 2.24 bits per heavy atom. The summed E-state index contributed by atoms with van der Waals surface area (Å²) >= 11 is 5.70. The molecule has 2 atom stereocenters. The van der Waals surface area contributed by atoms with E-state index in [1.54, 1.807) is 6.92 Å². The first-order valence-electron chi connectivity index (χ1n) is 5.28. The average molecular weight is 281 g/mol. The van der Waals surface area contributed by atoms with Gasteiger partial charge in [-0.3, -0.25) is 4.57 Å². The summed E-state index contributed by atoms with van der Waals surface area (Å²) in [4.78, 5) is 9.61. The van der Waals surface area contributed by atoms with Gasteiger partial charge in [0, 0.05) is 10.6 Å². The zero-order valence-electron chi connectivity index (χ0n) is 9.69. The molecule has 0 amide bonds. The van der Waals surface area contributed by atoms with Gasteiger partial charge in [-0.05, 0) is 31.5 Å². The molecule has 0 bridgehead atoms. The second-order valence-electron chi connectivity index (χ2n) is 3.86. The van der Waals surface area contributed by atoms with E-state index in [9.17, 15) is 13.8 Å². The summed E-state index contributed by atoms with van der Waals surface area (Å²) in [7, 11) is -3.83. The van der Waals surface area contributed by atoms with Gasteiger partial charge in [0.25, 0.3) is 0 Å². The maximum atomic E-state index is 13.4. The summed E-state index contributed by atoms with van der Waals surface area (Å²) in [5.74, 6) is -0.559. The molecule has 0 spiro atoms. The molecule has 6 heteroatoms. The van der Waals surface area contributed by atoms with Gasteiger partial charge in [-0.1, -0.05) is 18.5 Å². The molecule has 17 heavy (non-hydrogen) atoms. The van der Waals surface area contributed by atoms with Crippen LogP contribution in [0.5, 0.6) is 0 Å². The molecule has 3 nitrogen and oxygen atoms in total. The fourth-order valence-electron chi connectivity index (χ4n) is 1.27. The number of benzene rings is 1. The molecule has 0 saturated carbocycles. The van der Waals surface area contributed by atoms with Crippen molar-refractivity contribution >= 4 is 19.2 Å². The van der Waals surface area contributed by atoms with Crippen LogP contribution >= 0.6 is 19.2 Å². The second kappa shape index (κ2) is 5.96. The van der Waals surface area contributed by atoms with Crippen molar-refractivity contribution in [1.29, 1.82) is 0 Å². The Morgan fingerprint density at radius 3 is 2.82 bits per heavy atom. The highest BCUT2D eigenvalue weighted by Crippen LogP contribution is 2.47. The molecular weight excluding hydrogens is 266 g/mol. The lowest BCUT2D eigenvalue weighted by atomic mass is 10.2. The second-order valence-corrected chi connectivity index (χ2v) is 6.09. The van der Waals surface area contributed by atoms with Gasteiger partial charge < -0.3 is 9.42 Å². The molecule has 1 N–H and O–H groups in total. The van der Waals surface area contributed by atoms with Crippen LogP contribution in [0.4, 0.5) is 4.39 Å². The van der Waals surface area contributed by atoms with Crippen LogP contribution in [0.2, 0.25) is 5.02 Å². The summed E-state index contributed by atoms with van der Waals surface area (Å²) < 4.78 is 30.1. The minimum absolute atomic E-state index is 0.0895. The number of rotatable bonds is 5. The molecule has 1 aromatic rings. The number of hydrogen-bond acceptors (Lipinski definition) is 2. The summed E-state index contributed by atoms with van der Waals surface area (Å²) in [5.41, 5.74) is 0.0895. The van der Waals surface area contributed by atoms with Crippen LogP contribution in [0.25, 0.3) is 0 Å². The normalized spacial score (nSPS) is 16.5. The van der Waals surface area contributed by atoms with E-state index in [2.05, 4.69) is 0 Å². The summed E-state index contributed by atoms with van der Waals surface area (Å²) in [5, 5.41) is 0.324. The van der Waals surface area contributed by atoms with Crippen molar-refractivity contribution in [2.24, 2.45) is 0 Å². The summed E-state index contributed by atoms with van der Waals surface area (Å²) in [6.45, 7) is 3.53. The zero-order valence-corrected chi connectivity index (χ0v) is 11.3. The molecule has 0 aliphatic carbocycles. The molecule has 1 rings (SSSR count). The van der Waals surface area contributed by atoms with Gasteiger partial charge in [-0.2, -0.15) is 0 Å². The van der Waals surface area contributed by atoms with Crippen LogP contribution in [0.3, 0.4) is 0 Å². The van der Waals surface area contributed by atoms with Crippen LogP contribution in [-0.4, -0.2) is 11.0 Å². The highest BCUT2D eigenvalue weighted by atomic mass is 35.5. The quantitative estimate of drug-likeness (QED) is 0.830. The Balaban J connectivity index is 2.82. The topological polar surface area (TPSA) is 46.5 Å². The van der Waals surface area contributed by atoms with E-state index in [1.165, 1.54) is 18.2 Å². The maximum absolute atomic E-state index is 13.4. The van der Waals surface area contributed by atoms with Crippen molar-refractivity contribution in [3.63, 3.8) is 0 Å². The van der Waals surface area contributed by atoms with Crippen molar-refractivity contribution in [3.05, 3.63) is 34.6 Å². The van der Waals surface area contributed by atoms with Crippen LogP contribution in [0.15, 0.2) is 18.2 Å². The summed E-state index contributed by atoms with van der Waals surface area (Å²) in [6.07, 6.45) is -0.0974. The first-order valence-corrected chi connectivity index (χ1v) is 7.42. The van der Waals surface area contributed by atoms with Gasteiger partial charge in [-0.15, -0.1) is 0 Å². The van der Waals surface area contributed by atoms with E-state index >= 15 is 0 Å². The van der Waals surface area contributed by atoms with Crippen molar-refractivity contribution in [3.8, 4) is 0 Å². The van der Waals surface area contributed by atoms with Gasteiger partial charge in [0.05, 0.1) is 12.3 Å². The lowest BCUT2D eigenvalue weighted by Gasteiger charge is -2.17. The molecule has 96 valence electrons. The fraction of sp³-hybridized carbons (Fsp3) is 0.455. The molecule has 0 saturated heterocycles. The van der Waals surface area contributed by atoms with E-state index in [1.807, 2.05) is 6.92 Å². The SMILES string of the molecule is CCC(C)OP(=O)(O)Cc1cc(Cl)ccc1F. The third kappa shape index (κ3) is 4.76. The Kier molecular flexibility index (Phi) is 5.14. The van der Waals surface area contributed by atoms with Crippen molar-refractivity contribution in [2.45, 2.75) is 32.5 Å². The molecule has 1 aromatic carbocycles. The first kappa shape index (κ1) is 14.7. The molecule has 0 heterocycles. The lowest BCUT2D eigenvalue weighted by molar-refractivity contribution is 0.184. The Labute approximate surface area is 105 Å². The van der Waals surface area contributed by atoms with Gasteiger partial charge >= 0.3 is 7.60 Å². The number of hydrogen-bond donors (Lipinski definition) is 1. The van der Waals surface area contributed by atoms with Gasteiger partial charge in [0.1, 0.15) is 5.82 Å². The third-order valence-corrected chi connectivity index (χ3v) is 3.96.